The highest BCUT2D eigenvalue weighted by atomic mass is 32.2. The lowest BCUT2D eigenvalue weighted by Crippen LogP contribution is -2.32. The van der Waals surface area contributed by atoms with E-state index in [1.54, 1.807) is 18.2 Å². The van der Waals surface area contributed by atoms with Crippen molar-refractivity contribution in [3.05, 3.63) is 99.6 Å². The van der Waals surface area contributed by atoms with Crippen molar-refractivity contribution in [2.75, 3.05) is 21.3 Å². The lowest BCUT2D eigenvalue weighted by atomic mass is 10.1. The van der Waals surface area contributed by atoms with E-state index in [0.717, 1.165) is 4.31 Å². The molecular weight excluding hydrogens is 515 g/mol. The molecule has 0 fully saturated rings. The average molecular weight is 541 g/mol. The van der Waals surface area contributed by atoms with Crippen molar-refractivity contribution < 1.29 is 31.8 Å². The van der Waals surface area contributed by atoms with Crippen molar-refractivity contribution in [1.29, 1.82) is 0 Å². The van der Waals surface area contributed by atoms with Gasteiger partial charge in [0.1, 0.15) is 5.82 Å². The normalized spacial score (nSPS) is 11.5. The molecule has 0 aliphatic heterocycles. The van der Waals surface area contributed by atoms with Gasteiger partial charge in [0, 0.05) is 30.1 Å². The van der Waals surface area contributed by atoms with E-state index in [1.165, 1.54) is 69.9 Å². The van der Waals surface area contributed by atoms with Crippen LogP contribution in [0.5, 0.6) is 11.5 Å². The van der Waals surface area contributed by atoms with Crippen LogP contribution in [0.1, 0.15) is 21.5 Å². The molecule has 1 N–H and O–H groups in total. The number of aromatic nitrogens is 1. The van der Waals surface area contributed by atoms with Crippen LogP contribution in [-0.4, -0.2) is 45.0 Å². The summed E-state index contributed by atoms with van der Waals surface area (Å²) >= 11 is 0. The Bertz CT molecular complexity index is 1630. The molecule has 0 aliphatic carbocycles. The first kappa shape index (κ1) is 26.8. The zero-order valence-electron chi connectivity index (χ0n) is 20.9. The van der Waals surface area contributed by atoms with Gasteiger partial charge in [0.05, 0.1) is 37.3 Å². The molecule has 1 heterocycles. The predicted octanol–water partition coefficient (Wildman–Crippen LogP) is 3.86. The fourth-order valence-electron chi connectivity index (χ4n) is 3.93. The number of esters is 1. The molecule has 0 unspecified atom stereocenters. The number of carbonyl (C=O) groups excluding carboxylic acids is 1. The summed E-state index contributed by atoms with van der Waals surface area (Å²) in [4.78, 5) is 27.4. The summed E-state index contributed by atoms with van der Waals surface area (Å²) in [5.41, 5.74) is 0.894. The number of benzene rings is 3. The van der Waals surface area contributed by atoms with E-state index in [-0.39, 0.29) is 29.1 Å². The van der Waals surface area contributed by atoms with Gasteiger partial charge in [0.15, 0.2) is 11.5 Å². The Labute approximate surface area is 218 Å². The number of aromatic amines is 1. The largest absolute Gasteiger partial charge is 0.493 e. The topological polar surface area (TPSA) is 115 Å². The van der Waals surface area contributed by atoms with Crippen LogP contribution in [0.4, 0.5) is 4.39 Å². The number of nitrogens with one attached hydrogen (secondary N) is 1. The van der Waals surface area contributed by atoms with Crippen molar-refractivity contribution in [2.45, 2.75) is 18.0 Å². The first-order chi connectivity index (χ1) is 18.2. The van der Waals surface area contributed by atoms with Crippen LogP contribution in [0.3, 0.4) is 0 Å². The van der Waals surface area contributed by atoms with Gasteiger partial charge in [0.25, 0.3) is 5.56 Å². The monoisotopic (exact) mass is 540 g/mol. The Balaban J connectivity index is 1.77. The first-order valence-electron chi connectivity index (χ1n) is 11.4. The van der Waals surface area contributed by atoms with Gasteiger partial charge in [-0.05, 0) is 54.1 Å². The molecule has 0 spiro atoms. The van der Waals surface area contributed by atoms with Gasteiger partial charge in [-0.2, -0.15) is 4.31 Å². The van der Waals surface area contributed by atoms with E-state index in [0.29, 0.717) is 28.0 Å². The van der Waals surface area contributed by atoms with Crippen molar-refractivity contribution in [3.8, 4) is 11.5 Å². The second-order valence-corrected chi connectivity index (χ2v) is 10.3. The van der Waals surface area contributed by atoms with Crippen molar-refractivity contribution in [3.63, 3.8) is 0 Å². The molecule has 38 heavy (non-hydrogen) atoms. The fraction of sp³-hybridized carbons (Fsp3) is 0.185. The molecule has 0 amide bonds. The summed E-state index contributed by atoms with van der Waals surface area (Å²) in [6, 6.07) is 15.6. The standard InChI is InChI=1S/C27H25FN2O7S/c1-35-24-13-19-12-20(26(31)29-23(19)14-25(24)36-2)16-30(15-17-4-8-21(28)9-5-17)38(33,34)22-10-6-18(7-11-22)27(32)37-3/h4-14H,15-16H2,1-3H3,(H,29,31). The predicted molar refractivity (Wildman–Crippen MR) is 138 cm³/mol. The molecule has 4 rings (SSSR count). The molecule has 9 nitrogen and oxygen atoms in total. The molecule has 11 heteroatoms. The Morgan fingerprint density at radius 3 is 2.13 bits per heavy atom. The van der Waals surface area contributed by atoms with E-state index in [2.05, 4.69) is 9.72 Å². The number of ether oxygens (including phenoxy) is 3. The van der Waals surface area contributed by atoms with Crippen LogP contribution >= 0.6 is 0 Å². The number of H-pyrrole nitrogens is 1. The second-order valence-electron chi connectivity index (χ2n) is 8.33. The minimum atomic E-state index is -4.16. The van der Waals surface area contributed by atoms with E-state index in [1.807, 2.05) is 0 Å². The molecular formula is C27H25FN2O7S. The number of sulfonamides is 1. The first-order valence-corrected chi connectivity index (χ1v) is 12.8. The highest BCUT2D eigenvalue weighted by Gasteiger charge is 2.27. The number of rotatable bonds is 9. The van der Waals surface area contributed by atoms with E-state index < -0.39 is 27.4 Å². The minimum absolute atomic E-state index is 0.0871. The maximum absolute atomic E-state index is 13.7. The average Bonchev–Trinajstić information content (AvgIpc) is 2.93. The van der Waals surface area contributed by atoms with Gasteiger partial charge in [0.2, 0.25) is 10.0 Å². The van der Waals surface area contributed by atoms with Crippen LogP contribution in [0, 0.1) is 5.82 Å². The third kappa shape index (κ3) is 5.53. The van der Waals surface area contributed by atoms with Gasteiger partial charge in [-0.15, -0.1) is 0 Å². The molecule has 0 bridgehead atoms. The number of halogens is 1. The number of pyridine rings is 1. The third-order valence-corrected chi connectivity index (χ3v) is 7.76. The van der Waals surface area contributed by atoms with Crippen LogP contribution < -0.4 is 15.0 Å². The minimum Gasteiger partial charge on any atom is -0.493 e. The molecule has 0 aliphatic rings. The highest BCUT2D eigenvalue weighted by Crippen LogP contribution is 2.31. The molecule has 0 atom stereocenters. The highest BCUT2D eigenvalue weighted by molar-refractivity contribution is 7.89. The SMILES string of the molecule is COC(=O)c1ccc(S(=O)(=O)N(Cc2ccc(F)cc2)Cc2cc3cc(OC)c(OC)cc3[nH]c2=O)cc1. The van der Waals surface area contributed by atoms with E-state index in [4.69, 9.17) is 9.47 Å². The Kier molecular flexibility index (Phi) is 7.79. The number of hydrogen-bond acceptors (Lipinski definition) is 7. The summed E-state index contributed by atoms with van der Waals surface area (Å²) in [5, 5.41) is 0.610. The van der Waals surface area contributed by atoms with E-state index in [9.17, 15) is 22.4 Å². The lowest BCUT2D eigenvalue weighted by molar-refractivity contribution is 0.0600. The van der Waals surface area contributed by atoms with Crippen LogP contribution in [-0.2, 0) is 27.8 Å². The molecule has 4 aromatic rings. The zero-order chi connectivity index (χ0) is 27.4. The Hall–Kier alpha value is -4.22. The van der Waals surface area contributed by atoms with Crippen molar-refractivity contribution in [2.24, 2.45) is 0 Å². The summed E-state index contributed by atoms with van der Waals surface area (Å²) in [6.07, 6.45) is 0. The van der Waals surface area contributed by atoms with E-state index >= 15 is 0 Å². The number of nitrogens with zero attached hydrogens (tertiary/aromatic N) is 1. The molecule has 1 aromatic heterocycles. The maximum atomic E-state index is 13.7. The van der Waals surface area contributed by atoms with Crippen LogP contribution in [0.25, 0.3) is 10.9 Å². The van der Waals surface area contributed by atoms with Crippen LogP contribution in [0.15, 0.2) is 76.4 Å². The summed E-state index contributed by atoms with van der Waals surface area (Å²) in [6.45, 7) is -0.414. The molecule has 0 saturated heterocycles. The quantitative estimate of drug-likeness (QED) is 0.321. The molecule has 198 valence electrons. The van der Waals surface area contributed by atoms with Gasteiger partial charge >= 0.3 is 5.97 Å². The molecule has 0 radical (unpaired) electrons. The summed E-state index contributed by atoms with van der Waals surface area (Å²) in [5.74, 6) is -0.192. The van der Waals surface area contributed by atoms with Crippen LogP contribution in [0.2, 0.25) is 0 Å². The van der Waals surface area contributed by atoms with Gasteiger partial charge in [-0.1, -0.05) is 12.1 Å². The smallest absolute Gasteiger partial charge is 0.337 e. The van der Waals surface area contributed by atoms with Gasteiger partial charge in [-0.3, -0.25) is 4.79 Å². The summed E-state index contributed by atoms with van der Waals surface area (Å²) < 4.78 is 57.3. The van der Waals surface area contributed by atoms with Gasteiger partial charge < -0.3 is 19.2 Å². The zero-order valence-corrected chi connectivity index (χ0v) is 21.7. The fourth-order valence-corrected chi connectivity index (χ4v) is 5.34. The lowest BCUT2D eigenvalue weighted by Gasteiger charge is -2.22. The van der Waals surface area contributed by atoms with Crippen molar-refractivity contribution >= 4 is 26.9 Å². The maximum Gasteiger partial charge on any atom is 0.337 e. The second kappa shape index (κ2) is 11.0. The number of methoxy groups -OCH3 is 3. The summed E-state index contributed by atoms with van der Waals surface area (Å²) in [7, 11) is 0.0292. The number of fused-ring (bicyclic) bond motifs is 1. The molecule has 3 aromatic carbocycles. The van der Waals surface area contributed by atoms with Gasteiger partial charge in [-0.25, -0.2) is 17.6 Å². The van der Waals surface area contributed by atoms with Crippen molar-refractivity contribution in [1.82, 2.24) is 9.29 Å². The number of carbonyl (C=O) groups is 1. The Morgan fingerprint density at radius 1 is 0.895 bits per heavy atom. The third-order valence-electron chi connectivity index (χ3n) is 5.96. The molecule has 0 saturated carbocycles. The number of hydrogen-bond donors (Lipinski definition) is 1. The Morgan fingerprint density at radius 2 is 1.53 bits per heavy atom.